The molecule has 0 heterocycles. The molecule has 8 N–H and O–H groups in total. The molecule has 67 heavy (non-hydrogen) atoms. The number of hydrogen-bond donors (Lipinski definition) is 8. The molecule has 0 aromatic rings. The lowest BCUT2D eigenvalue weighted by Gasteiger charge is -2.44. The van der Waals surface area contributed by atoms with Crippen LogP contribution in [0.5, 0.6) is 0 Å². The maximum atomic E-state index is 13.1. The molecule has 1 fully saturated rings. The van der Waals surface area contributed by atoms with Crippen molar-refractivity contribution in [2.24, 2.45) is 0 Å². The Morgan fingerprint density at radius 3 is 1.42 bits per heavy atom. The lowest BCUT2D eigenvalue weighted by molar-refractivity contribution is -0.213. The Morgan fingerprint density at radius 1 is 0.493 bits per heavy atom. The zero-order chi connectivity index (χ0) is 50.0. The minimum absolute atomic E-state index is 0.0234. The summed E-state index contributed by atoms with van der Waals surface area (Å²) in [4.78, 5) is 73.2. The van der Waals surface area contributed by atoms with Gasteiger partial charge in [0, 0.05) is 12.8 Å². The van der Waals surface area contributed by atoms with Crippen LogP contribution in [-0.4, -0.2) is 108 Å². The van der Waals surface area contributed by atoms with Gasteiger partial charge in [-0.1, -0.05) is 133 Å². The van der Waals surface area contributed by atoms with Crippen LogP contribution in [0.4, 0.5) is 0 Å². The van der Waals surface area contributed by atoms with E-state index in [0.717, 1.165) is 103 Å². The molecule has 1 aliphatic rings. The molecule has 19 nitrogen and oxygen atoms in total. The molecule has 8 atom stereocenters. The first-order chi connectivity index (χ1) is 31.8. The molecule has 1 rings (SSSR count). The number of aliphatic hydroxyl groups is 3. The fourth-order valence-electron chi connectivity index (χ4n) is 7.06. The third-order valence-electron chi connectivity index (χ3n) is 10.6. The average Bonchev–Trinajstić information content (AvgIpc) is 3.25. The minimum Gasteiger partial charge on any atom is -0.462 e. The molecule has 1 saturated carbocycles. The Morgan fingerprint density at radius 2 is 0.910 bits per heavy atom. The second kappa shape index (κ2) is 37.0. The van der Waals surface area contributed by atoms with E-state index in [1.165, 1.54) is 25.7 Å². The van der Waals surface area contributed by atoms with Crippen molar-refractivity contribution in [1.29, 1.82) is 0 Å². The Bertz CT molecular complexity index is 1590. The van der Waals surface area contributed by atoms with Crippen LogP contribution >= 0.6 is 23.5 Å². The first-order valence-electron chi connectivity index (χ1n) is 23.9. The highest BCUT2D eigenvalue weighted by molar-refractivity contribution is 7.47. The molecule has 1 aliphatic carbocycles. The summed E-state index contributed by atoms with van der Waals surface area (Å²) >= 11 is 0. The molecule has 8 unspecified atom stereocenters. The molecule has 0 spiro atoms. The van der Waals surface area contributed by atoms with Crippen molar-refractivity contribution in [2.45, 2.75) is 211 Å². The summed E-state index contributed by atoms with van der Waals surface area (Å²) < 4.78 is 65.5. The van der Waals surface area contributed by atoms with Crippen LogP contribution in [0.2, 0.25) is 0 Å². The van der Waals surface area contributed by atoms with E-state index < -0.39 is 91.3 Å². The van der Waals surface area contributed by atoms with Crippen molar-refractivity contribution in [1.82, 2.24) is 0 Å². The van der Waals surface area contributed by atoms with Gasteiger partial charge in [0.25, 0.3) is 0 Å². The number of carbonyl (C=O) groups excluding carboxylic acids is 2. The quantitative estimate of drug-likeness (QED) is 0.0123. The van der Waals surface area contributed by atoms with Crippen LogP contribution in [0.1, 0.15) is 168 Å². The summed E-state index contributed by atoms with van der Waals surface area (Å²) in [5.41, 5.74) is 0. The summed E-state index contributed by atoms with van der Waals surface area (Å²) in [5.74, 6) is -1.32. The molecular weight excluding hydrogens is 937 g/mol. The highest BCUT2D eigenvalue weighted by Crippen LogP contribution is 2.51. The van der Waals surface area contributed by atoms with Crippen LogP contribution in [0.15, 0.2) is 48.6 Å². The fraction of sp³-hybridized carbons (Fsp3) is 0.778. The number of ether oxygens (including phenoxy) is 2. The van der Waals surface area contributed by atoms with Gasteiger partial charge in [0.15, 0.2) is 6.10 Å². The van der Waals surface area contributed by atoms with Crippen LogP contribution in [0.25, 0.3) is 0 Å². The number of hydrogen-bond acceptors (Lipinski definition) is 14. The lowest BCUT2D eigenvalue weighted by Crippen LogP contribution is -2.65. The lowest BCUT2D eigenvalue weighted by atomic mass is 9.85. The summed E-state index contributed by atoms with van der Waals surface area (Å²) in [6, 6.07) is 0. The molecule has 0 bridgehead atoms. The van der Waals surface area contributed by atoms with Crippen molar-refractivity contribution in [3.63, 3.8) is 0 Å². The van der Waals surface area contributed by atoms with Crippen LogP contribution in [0.3, 0.4) is 0 Å². The maximum Gasteiger partial charge on any atom is 0.472 e. The molecule has 0 aromatic heterocycles. The van der Waals surface area contributed by atoms with Gasteiger partial charge in [0.1, 0.15) is 43.2 Å². The van der Waals surface area contributed by atoms with Gasteiger partial charge in [0.2, 0.25) is 0 Å². The third-order valence-corrected chi connectivity index (χ3v) is 12.6. The summed E-state index contributed by atoms with van der Waals surface area (Å²) in [7, 11) is -16.6. The van der Waals surface area contributed by atoms with E-state index in [-0.39, 0.29) is 12.8 Å². The number of aliphatic hydroxyl groups excluding tert-OH is 3. The van der Waals surface area contributed by atoms with Crippen molar-refractivity contribution >= 4 is 35.4 Å². The number of allylic oxidation sites excluding steroid dienone is 8. The van der Waals surface area contributed by atoms with Crippen LogP contribution in [0, 0.1) is 0 Å². The van der Waals surface area contributed by atoms with Crippen LogP contribution < -0.4 is 0 Å². The summed E-state index contributed by atoms with van der Waals surface area (Å²) in [6.45, 7) is 2.80. The van der Waals surface area contributed by atoms with Gasteiger partial charge in [-0.3, -0.25) is 27.7 Å². The van der Waals surface area contributed by atoms with Gasteiger partial charge >= 0.3 is 35.4 Å². The predicted molar refractivity (Wildman–Crippen MR) is 252 cm³/mol. The molecular formula is C45H81O19P3. The van der Waals surface area contributed by atoms with Gasteiger partial charge in [-0.15, -0.1) is 0 Å². The van der Waals surface area contributed by atoms with Gasteiger partial charge in [-0.2, -0.15) is 0 Å². The first kappa shape index (κ1) is 63.1. The van der Waals surface area contributed by atoms with Gasteiger partial charge in [-0.25, -0.2) is 13.7 Å². The average molecular weight is 1020 g/mol. The smallest absolute Gasteiger partial charge is 0.462 e. The zero-order valence-electron chi connectivity index (χ0n) is 39.5. The van der Waals surface area contributed by atoms with E-state index in [2.05, 4.69) is 71.5 Å². The van der Waals surface area contributed by atoms with E-state index in [9.17, 15) is 63.1 Å². The molecule has 390 valence electrons. The Kier molecular flexibility index (Phi) is 34.8. The van der Waals surface area contributed by atoms with Gasteiger partial charge < -0.3 is 49.3 Å². The van der Waals surface area contributed by atoms with E-state index in [1.54, 1.807) is 0 Å². The molecule has 0 saturated heterocycles. The number of esters is 2. The monoisotopic (exact) mass is 1020 g/mol. The molecule has 0 aromatic carbocycles. The second-order valence-corrected chi connectivity index (χ2v) is 20.4. The Hall–Kier alpha value is -1.89. The normalized spacial score (nSPS) is 22.0. The Labute approximate surface area is 397 Å². The highest BCUT2D eigenvalue weighted by atomic mass is 31.2. The first-order valence-corrected chi connectivity index (χ1v) is 28.5. The van der Waals surface area contributed by atoms with E-state index in [4.69, 9.17) is 18.5 Å². The number of carbonyl (C=O) groups is 2. The number of rotatable bonds is 40. The molecule has 0 radical (unpaired) electrons. The van der Waals surface area contributed by atoms with E-state index in [1.807, 2.05) is 0 Å². The zero-order valence-corrected chi connectivity index (χ0v) is 42.1. The van der Waals surface area contributed by atoms with Crippen LogP contribution in [-0.2, 0) is 50.9 Å². The van der Waals surface area contributed by atoms with Crippen molar-refractivity contribution < 1.29 is 90.6 Å². The number of phosphoric acid groups is 3. The van der Waals surface area contributed by atoms with Crippen molar-refractivity contribution in [3.05, 3.63) is 48.6 Å². The minimum atomic E-state index is -5.60. The van der Waals surface area contributed by atoms with Crippen molar-refractivity contribution in [2.75, 3.05) is 13.2 Å². The van der Waals surface area contributed by atoms with Gasteiger partial charge in [-0.05, 0) is 70.6 Å². The summed E-state index contributed by atoms with van der Waals surface area (Å²) in [5, 5.41) is 31.9. The number of phosphoric ester groups is 3. The van der Waals surface area contributed by atoms with Gasteiger partial charge in [0.05, 0.1) is 6.61 Å². The fourth-order valence-corrected chi connectivity index (χ4v) is 9.16. The second-order valence-electron chi connectivity index (χ2n) is 16.7. The number of unbranched alkanes of at least 4 members (excludes halogenated alkanes) is 16. The standard InChI is InChI=1S/C45H81O19P3/c1-3-5-7-9-11-13-15-17-19-21-23-25-27-29-31-33-38(46)59-35-37(61-39(47)34-32-30-28-26-24-22-20-18-16-14-12-10-8-6-4-2)36-60-67(57,58)64-43-40(48)41(49)44(62-65(51,52)53)45(42(43)50)63-66(54,55)56/h6,8,12-15,18,20,37,40-45,48-50H,3-5,7,9-11,16-17,19,21-36H2,1-2H3,(H,57,58)(H2,51,52,53)(H2,54,55,56). The predicted octanol–water partition coefficient (Wildman–Crippen LogP) is 8.62. The third kappa shape index (κ3) is 33.4. The molecule has 0 aliphatic heterocycles. The topological polar surface area (TPSA) is 303 Å². The maximum absolute atomic E-state index is 13.1. The highest BCUT2D eigenvalue weighted by Gasteiger charge is 2.56. The molecule has 0 amide bonds. The SMILES string of the molecule is CCC=CCC=CCC=CCCCCCCCC(=O)OC(COC(=O)CCCCCCCCCC=CCCCCCC)COP(=O)(O)OC1C(O)C(O)C(OP(=O)(O)O)C(OP(=O)(O)O)C1O. The summed E-state index contributed by atoms with van der Waals surface area (Å²) in [6.07, 6.45) is 22.7. The molecule has 22 heteroatoms. The van der Waals surface area contributed by atoms with E-state index >= 15 is 0 Å². The van der Waals surface area contributed by atoms with E-state index in [0.29, 0.717) is 12.8 Å². The van der Waals surface area contributed by atoms with Crippen molar-refractivity contribution in [3.8, 4) is 0 Å². The largest absolute Gasteiger partial charge is 0.472 e. The Balaban J connectivity index is 2.74.